The predicted octanol–water partition coefficient (Wildman–Crippen LogP) is 4.94. The maximum atomic E-state index is 12.3. The molecule has 0 saturated heterocycles. The van der Waals surface area contributed by atoms with Crippen molar-refractivity contribution in [2.24, 2.45) is 0 Å². The van der Waals surface area contributed by atoms with Crippen molar-refractivity contribution in [1.29, 1.82) is 0 Å². The summed E-state index contributed by atoms with van der Waals surface area (Å²) in [5, 5.41) is 1.02. The number of imide groups is 1. The maximum Gasteiger partial charge on any atom is 0.285 e. The van der Waals surface area contributed by atoms with Gasteiger partial charge in [0.25, 0.3) is 11.8 Å². The lowest BCUT2D eigenvalue weighted by molar-refractivity contribution is -0.101. The summed E-state index contributed by atoms with van der Waals surface area (Å²) in [4.78, 5) is 30.1. The number of amides is 2. The van der Waals surface area contributed by atoms with Gasteiger partial charge >= 0.3 is 0 Å². The molecule has 0 bridgehead atoms. The number of benzene rings is 2. The van der Waals surface area contributed by atoms with Crippen molar-refractivity contribution in [1.82, 2.24) is 5.06 Å². The number of fused-ring (bicyclic) bond motifs is 1. The average molecular weight is 398 g/mol. The Morgan fingerprint density at radius 1 is 0.821 bits per heavy atom. The van der Waals surface area contributed by atoms with Crippen molar-refractivity contribution in [3.05, 3.63) is 70.8 Å². The number of hydrogen-bond donors (Lipinski definition) is 0. The number of nitrogens with zero attached hydrogens (tertiary/aromatic N) is 1. The molecule has 2 amide bonds. The molecule has 148 valence electrons. The highest BCUT2D eigenvalue weighted by molar-refractivity contribution is 6.74. The third kappa shape index (κ3) is 4.09. The van der Waals surface area contributed by atoms with E-state index in [1.165, 1.54) is 0 Å². The predicted molar refractivity (Wildman–Crippen MR) is 110 cm³/mol. The molecule has 0 spiro atoms. The smallest absolute Gasteiger partial charge is 0.285 e. The van der Waals surface area contributed by atoms with Gasteiger partial charge in [-0.15, -0.1) is 5.06 Å². The molecule has 0 aromatic heterocycles. The monoisotopic (exact) mass is 397 g/mol. The summed E-state index contributed by atoms with van der Waals surface area (Å²) in [6.07, 6.45) is 0. The zero-order valence-electron chi connectivity index (χ0n) is 17.1. The molecule has 2 aromatic rings. The van der Waals surface area contributed by atoms with Gasteiger partial charge < -0.3 is 4.43 Å². The van der Waals surface area contributed by atoms with E-state index in [0.29, 0.717) is 17.7 Å². The first-order chi connectivity index (χ1) is 13.1. The maximum absolute atomic E-state index is 12.3. The van der Waals surface area contributed by atoms with E-state index in [2.05, 4.69) is 33.9 Å². The highest BCUT2D eigenvalue weighted by Gasteiger charge is 2.37. The number of rotatable bonds is 6. The van der Waals surface area contributed by atoms with Crippen LogP contribution in [-0.4, -0.2) is 25.2 Å². The first-order valence-corrected chi connectivity index (χ1v) is 12.3. The Bertz CT molecular complexity index is 849. The number of hydroxylamine groups is 2. The number of hydrogen-bond acceptors (Lipinski definition) is 4. The van der Waals surface area contributed by atoms with E-state index in [0.717, 1.165) is 16.2 Å². The fourth-order valence-electron chi connectivity index (χ4n) is 2.64. The van der Waals surface area contributed by atoms with Crippen molar-refractivity contribution in [2.45, 2.75) is 52.1 Å². The lowest BCUT2D eigenvalue weighted by atomic mass is 10.1. The molecule has 0 aliphatic carbocycles. The van der Waals surface area contributed by atoms with Crippen LogP contribution in [0, 0.1) is 0 Å². The minimum atomic E-state index is -1.79. The SMILES string of the molecule is CC(C)(C)[Si](C)(C)OCc1ccc(CON2C(=O)c3ccccc3C2=O)cc1. The van der Waals surface area contributed by atoms with Crippen LogP contribution < -0.4 is 0 Å². The minimum Gasteiger partial charge on any atom is -0.413 e. The van der Waals surface area contributed by atoms with Crippen LogP contribution in [-0.2, 0) is 22.5 Å². The topological polar surface area (TPSA) is 55.8 Å². The van der Waals surface area contributed by atoms with E-state index in [9.17, 15) is 9.59 Å². The van der Waals surface area contributed by atoms with Crippen molar-refractivity contribution >= 4 is 20.1 Å². The summed E-state index contributed by atoms with van der Waals surface area (Å²) < 4.78 is 6.24. The average Bonchev–Trinajstić information content (AvgIpc) is 2.89. The lowest BCUT2D eigenvalue weighted by Crippen LogP contribution is -2.40. The molecule has 5 nitrogen and oxygen atoms in total. The van der Waals surface area contributed by atoms with Gasteiger partial charge in [0, 0.05) is 0 Å². The van der Waals surface area contributed by atoms with E-state index < -0.39 is 20.1 Å². The van der Waals surface area contributed by atoms with E-state index >= 15 is 0 Å². The van der Waals surface area contributed by atoms with Crippen LogP contribution in [0.4, 0.5) is 0 Å². The van der Waals surface area contributed by atoms with Gasteiger partial charge in [-0.1, -0.05) is 57.2 Å². The van der Waals surface area contributed by atoms with Gasteiger partial charge in [-0.05, 0) is 41.4 Å². The molecule has 0 unspecified atom stereocenters. The highest BCUT2D eigenvalue weighted by Crippen LogP contribution is 2.37. The molecular formula is C22H27NO4Si. The van der Waals surface area contributed by atoms with E-state index in [-0.39, 0.29) is 11.6 Å². The summed E-state index contributed by atoms with van der Waals surface area (Å²) >= 11 is 0. The Kier molecular flexibility index (Phi) is 5.57. The molecule has 1 aliphatic rings. The van der Waals surface area contributed by atoms with Crippen LogP contribution in [0.15, 0.2) is 48.5 Å². The molecule has 1 heterocycles. The van der Waals surface area contributed by atoms with Gasteiger partial charge in [0.1, 0.15) is 6.61 Å². The largest absolute Gasteiger partial charge is 0.413 e. The highest BCUT2D eigenvalue weighted by atomic mass is 28.4. The Hall–Kier alpha value is -2.28. The van der Waals surface area contributed by atoms with Gasteiger partial charge in [-0.25, -0.2) is 0 Å². The molecule has 1 aliphatic heterocycles. The first-order valence-electron chi connectivity index (χ1n) is 9.43. The van der Waals surface area contributed by atoms with Gasteiger partial charge in [-0.3, -0.25) is 14.4 Å². The van der Waals surface area contributed by atoms with E-state index in [4.69, 9.17) is 9.26 Å². The fourth-order valence-corrected chi connectivity index (χ4v) is 3.60. The molecule has 0 saturated carbocycles. The first kappa shape index (κ1) is 20.5. The molecule has 28 heavy (non-hydrogen) atoms. The molecule has 0 radical (unpaired) electrons. The zero-order chi connectivity index (χ0) is 20.5. The molecular weight excluding hydrogens is 370 g/mol. The second kappa shape index (κ2) is 7.62. The summed E-state index contributed by atoms with van der Waals surface area (Å²) in [5.41, 5.74) is 2.73. The lowest BCUT2D eigenvalue weighted by Gasteiger charge is -2.36. The zero-order valence-corrected chi connectivity index (χ0v) is 18.1. The second-order valence-corrected chi connectivity index (χ2v) is 13.4. The number of carbonyl (C=O) groups is 2. The quantitative estimate of drug-likeness (QED) is 0.512. The van der Waals surface area contributed by atoms with E-state index in [1.807, 2.05) is 24.3 Å². The van der Waals surface area contributed by atoms with Crippen LogP contribution in [0.3, 0.4) is 0 Å². The summed E-state index contributed by atoms with van der Waals surface area (Å²) in [7, 11) is -1.79. The molecule has 0 atom stereocenters. The Balaban J connectivity index is 1.57. The van der Waals surface area contributed by atoms with Crippen LogP contribution in [0.2, 0.25) is 18.1 Å². The Morgan fingerprint density at radius 3 is 1.75 bits per heavy atom. The van der Waals surface area contributed by atoms with Crippen LogP contribution >= 0.6 is 0 Å². The van der Waals surface area contributed by atoms with Crippen LogP contribution in [0.25, 0.3) is 0 Å². The standard InChI is InChI=1S/C22H27NO4Si/c1-22(2,3)28(4,5)27-15-17-12-10-16(11-13-17)14-26-23-20(24)18-8-6-7-9-19(18)21(23)25/h6-13H,14-15H2,1-5H3. The van der Waals surface area contributed by atoms with Gasteiger partial charge in [0.2, 0.25) is 0 Å². The molecule has 0 fully saturated rings. The van der Waals surface area contributed by atoms with Crippen molar-refractivity contribution < 1.29 is 18.9 Å². The molecule has 0 N–H and O–H groups in total. The number of carbonyl (C=O) groups excluding carboxylic acids is 2. The van der Waals surface area contributed by atoms with Crippen molar-refractivity contribution in [3.63, 3.8) is 0 Å². The molecule has 3 rings (SSSR count). The summed E-state index contributed by atoms with van der Waals surface area (Å²) in [5.74, 6) is -0.833. The van der Waals surface area contributed by atoms with Gasteiger partial charge in [0.15, 0.2) is 8.32 Å². The van der Waals surface area contributed by atoms with Gasteiger partial charge in [-0.2, -0.15) is 0 Å². The summed E-state index contributed by atoms with van der Waals surface area (Å²) in [6.45, 7) is 11.9. The fraction of sp³-hybridized carbons (Fsp3) is 0.364. The van der Waals surface area contributed by atoms with Crippen LogP contribution in [0.1, 0.15) is 52.6 Å². The van der Waals surface area contributed by atoms with E-state index in [1.54, 1.807) is 24.3 Å². The third-order valence-corrected chi connectivity index (χ3v) is 10.0. The van der Waals surface area contributed by atoms with Crippen molar-refractivity contribution in [2.75, 3.05) is 0 Å². The Morgan fingerprint density at radius 2 is 1.29 bits per heavy atom. The summed E-state index contributed by atoms with van der Waals surface area (Å²) in [6, 6.07) is 14.6. The Labute approximate surface area is 167 Å². The van der Waals surface area contributed by atoms with Gasteiger partial charge in [0.05, 0.1) is 17.7 Å². The van der Waals surface area contributed by atoms with Crippen molar-refractivity contribution in [3.8, 4) is 0 Å². The second-order valence-electron chi connectivity index (χ2n) is 8.59. The third-order valence-electron chi connectivity index (χ3n) is 5.55. The normalized spacial score (nSPS) is 14.5. The van der Waals surface area contributed by atoms with Crippen LogP contribution in [0.5, 0.6) is 0 Å². The minimum absolute atomic E-state index is 0.148. The molecule has 2 aromatic carbocycles. The molecule has 6 heteroatoms.